The van der Waals surface area contributed by atoms with E-state index in [-0.39, 0.29) is 27.6 Å². The largest absolute Gasteiger partial charge is 1.00 e. The number of nitro benzene ring substituents is 1. The van der Waals surface area contributed by atoms with E-state index in [1.165, 1.54) is 11.0 Å². The molecule has 0 spiro atoms. The topological polar surface area (TPSA) is 47.6 Å². The minimum atomic E-state index is -0.367. The standard InChI is InChI=1S/C9H12N2O2.BrH/c1-10(2)7-8-4-3-5-9(6-8)11(12)13;/h3-6H,7H2,1-2H3;1H. The van der Waals surface area contributed by atoms with Gasteiger partial charge in [-0.3, -0.25) is 10.1 Å². The maximum atomic E-state index is 10.4. The zero-order valence-corrected chi connectivity index (χ0v) is 9.74. The summed E-state index contributed by atoms with van der Waals surface area (Å²) in [6.45, 7) is 0.807. The van der Waals surface area contributed by atoms with E-state index in [2.05, 4.69) is 0 Å². The Morgan fingerprint density at radius 1 is 1.43 bits per heavy atom. The smallest absolute Gasteiger partial charge is 0.269 e. The van der Waals surface area contributed by atoms with E-state index in [4.69, 9.17) is 0 Å². The lowest BCUT2D eigenvalue weighted by Crippen LogP contribution is -3.04. The molecular weight excluding hydrogens is 248 g/mol. The van der Waals surface area contributed by atoms with Crippen LogP contribution in [-0.2, 0) is 6.54 Å². The van der Waals surface area contributed by atoms with Crippen molar-refractivity contribution in [2.75, 3.05) is 14.1 Å². The van der Waals surface area contributed by atoms with E-state index in [0.717, 1.165) is 12.1 Å². The molecule has 1 aromatic carbocycles. The summed E-state index contributed by atoms with van der Waals surface area (Å²) in [6, 6.07) is 6.75. The van der Waals surface area contributed by atoms with E-state index in [9.17, 15) is 10.1 Å². The van der Waals surface area contributed by atoms with E-state index in [1.54, 1.807) is 12.1 Å². The summed E-state index contributed by atoms with van der Waals surface area (Å²) in [5.41, 5.74) is 1.16. The highest BCUT2D eigenvalue weighted by atomic mass is 79.9. The number of nitro groups is 1. The van der Waals surface area contributed by atoms with Gasteiger partial charge in [-0.2, -0.15) is 0 Å². The van der Waals surface area contributed by atoms with Gasteiger partial charge in [-0.05, 0) is 0 Å². The first-order valence-electron chi connectivity index (χ1n) is 4.12. The number of nitrogens with one attached hydrogen (secondary N) is 1. The minimum Gasteiger partial charge on any atom is -1.00 e. The monoisotopic (exact) mass is 260 g/mol. The fraction of sp³-hybridized carbons (Fsp3) is 0.333. The second-order valence-electron chi connectivity index (χ2n) is 3.31. The first kappa shape index (κ1) is 13.1. The normalized spacial score (nSPS) is 9.64. The van der Waals surface area contributed by atoms with Crippen molar-refractivity contribution < 1.29 is 26.8 Å². The first-order chi connectivity index (χ1) is 6.09. The SMILES string of the molecule is C[NH+](C)Cc1cccc([N+](=O)[O-])c1.[Br-]. The quantitative estimate of drug-likeness (QED) is 0.473. The third-order valence-corrected chi connectivity index (χ3v) is 1.68. The van der Waals surface area contributed by atoms with Gasteiger partial charge in [0.2, 0.25) is 0 Å². The van der Waals surface area contributed by atoms with Crippen molar-refractivity contribution in [3.63, 3.8) is 0 Å². The fourth-order valence-electron chi connectivity index (χ4n) is 1.19. The molecule has 0 saturated carbocycles. The highest BCUT2D eigenvalue weighted by Gasteiger charge is 2.06. The van der Waals surface area contributed by atoms with Gasteiger partial charge >= 0.3 is 0 Å². The van der Waals surface area contributed by atoms with Gasteiger partial charge in [-0.25, -0.2) is 0 Å². The average Bonchev–Trinajstić information content (AvgIpc) is 2.03. The Hall–Kier alpha value is -0.940. The molecule has 0 heterocycles. The van der Waals surface area contributed by atoms with E-state index < -0.39 is 0 Å². The van der Waals surface area contributed by atoms with Gasteiger partial charge in [-0.1, -0.05) is 12.1 Å². The highest BCUT2D eigenvalue weighted by molar-refractivity contribution is 5.33. The number of hydrogen-bond donors (Lipinski definition) is 1. The average molecular weight is 261 g/mol. The summed E-state index contributed by atoms with van der Waals surface area (Å²) in [4.78, 5) is 11.3. The van der Waals surface area contributed by atoms with Crippen molar-refractivity contribution in [3.05, 3.63) is 39.9 Å². The number of halogens is 1. The summed E-state index contributed by atoms with van der Waals surface area (Å²) >= 11 is 0. The van der Waals surface area contributed by atoms with Crippen molar-refractivity contribution >= 4 is 5.69 Å². The molecule has 0 aliphatic carbocycles. The summed E-state index contributed by atoms with van der Waals surface area (Å²) in [5, 5.41) is 10.4. The second kappa shape index (κ2) is 5.72. The van der Waals surface area contributed by atoms with Crippen molar-refractivity contribution in [1.29, 1.82) is 0 Å². The van der Waals surface area contributed by atoms with Gasteiger partial charge in [0.15, 0.2) is 0 Å². The third-order valence-electron chi connectivity index (χ3n) is 1.68. The highest BCUT2D eigenvalue weighted by Crippen LogP contribution is 2.11. The number of rotatable bonds is 3. The summed E-state index contributed by atoms with van der Waals surface area (Å²) in [7, 11) is 4.03. The Bertz CT molecular complexity index is 315. The van der Waals surface area contributed by atoms with Crippen molar-refractivity contribution in [2.45, 2.75) is 6.54 Å². The van der Waals surface area contributed by atoms with E-state index >= 15 is 0 Å². The van der Waals surface area contributed by atoms with Gasteiger partial charge in [0, 0.05) is 17.7 Å². The van der Waals surface area contributed by atoms with Crippen LogP contribution in [0.4, 0.5) is 5.69 Å². The molecule has 14 heavy (non-hydrogen) atoms. The van der Waals surface area contributed by atoms with Crippen LogP contribution in [0.3, 0.4) is 0 Å². The lowest BCUT2D eigenvalue weighted by molar-refractivity contribution is -0.872. The number of non-ortho nitro benzene ring substituents is 1. The summed E-state index contributed by atoms with van der Waals surface area (Å²) < 4.78 is 0. The minimum absolute atomic E-state index is 0. The van der Waals surface area contributed by atoms with Crippen LogP contribution in [-0.4, -0.2) is 19.0 Å². The molecule has 0 aliphatic heterocycles. The fourth-order valence-corrected chi connectivity index (χ4v) is 1.19. The second-order valence-corrected chi connectivity index (χ2v) is 3.31. The van der Waals surface area contributed by atoms with Crippen LogP contribution in [0.1, 0.15) is 5.56 Å². The molecule has 5 heteroatoms. The molecule has 0 aliphatic rings. The zero-order chi connectivity index (χ0) is 9.84. The maximum Gasteiger partial charge on any atom is 0.269 e. The molecule has 0 amide bonds. The molecule has 4 nitrogen and oxygen atoms in total. The summed E-state index contributed by atoms with van der Waals surface area (Å²) in [5.74, 6) is 0. The van der Waals surface area contributed by atoms with Crippen LogP contribution in [0.5, 0.6) is 0 Å². The van der Waals surface area contributed by atoms with Crippen molar-refractivity contribution in [2.24, 2.45) is 0 Å². The molecule has 1 rings (SSSR count). The Balaban J connectivity index is 0.00000169. The van der Waals surface area contributed by atoms with Crippen LogP contribution in [0.15, 0.2) is 24.3 Å². The summed E-state index contributed by atoms with van der Waals surface area (Å²) in [6.07, 6.45) is 0. The third kappa shape index (κ3) is 3.85. The van der Waals surface area contributed by atoms with E-state index in [0.29, 0.717) is 0 Å². The predicted octanol–water partition coefficient (Wildman–Crippen LogP) is -2.76. The van der Waals surface area contributed by atoms with Crippen LogP contribution in [0.25, 0.3) is 0 Å². The molecule has 0 fully saturated rings. The molecule has 0 radical (unpaired) electrons. The van der Waals surface area contributed by atoms with Crippen molar-refractivity contribution in [3.8, 4) is 0 Å². The molecule has 1 aromatic rings. The molecule has 0 unspecified atom stereocenters. The predicted molar refractivity (Wildman–Crippen MR) is 49.6 cm³/mol. The molecule has 0 saturated heterocycles. The van der Waals surface area contributed by atoms with E-state index in [1.807, 2.05) is 20.2 Å². The van der Waals surface area contributed by atoms with Gasteiger partial charge in [0.05, 0.1) is 19.0 Å². The molecule has 0 atom stereocenters. The Morgan fingerprint density at radius 3 is 2.57 bits per heavy atom. The van der Waals surface area contributed by atoms with Gasteiger partial charge in [0.25, 0.3) is 5.69 Å². The Morgan fingerprint density at radius 2 is 2.07 bits per heavy atom. The van der Waals surface area contributed by atoms with Gasteiger partial charge < -0.3 is 21.9 Å². The number of quaternary nitrogens is 1. The van der Waals surface area contributed by atoms with Crippen LogP contribution in [0, 0.1) is 10.1 Å². The van der Waals surface area contributed by atoms with Crippen LogP contribution >= 0.6 is 0 Å². The molecule has 78 valence electrons. The zero-order valence-electron chi connectivity index (χ0n) is 8.16. The Kier molecular flexibility index (Phi) is 5.34. The van der Waals surface area contributed by atoms with Gasteiger partial charge in [-0.15, -0.1) is 0 Å². The van der Waals surface area contributed by atoms with Crippen molar-refractivity contribution in [1.82, 2.24) is 0 Å². The molecule has 0 bridgehead atoms. The molecule has 1 N–H and O–H groups in total. The maximum absolute atomic E-state index is 10.4. The lowest BCUT2D eigenvalue weighted by Gasteiger charge is -2.06. The number of hydrogen-bond acceptors (Lipinski definition) is 2. The van der Waals surface area contributed by atoms with Crippen LogP contribution < -0.4 is 21.9 Å². The molecule has 0 aromatic heterocycles. The van der Waals surface area contributed by atoms with Crippen LogP contribution in [0.2, 0.25) is 0 Å². The Labute approximate surface area is 93.5 Å². The number of nitrogens with zero attached hydrogens (tertiary/aromatic N) is 1. The number of benzene rings is 1. The molecular formula is C9H13BrN2O2. The lowest BCUT2D eigenvalue weighted by atomic mass is 10.2. The first-order valence-corrected chi connectivity index (χ1v) is 4.12. The van der Waals surface area contributed by atoms with Gasteiger partial charge in [0.1, 0.15) is 6.54 Å².